The van der Waals surface area contributed by atoms with E-state index in [1.807, 2.05) is 72.8 Å². The fourth-order valence-corrected chi connectivity index (χ4v) is 4.73. The van der Waals surface area contributed by atoms with Crippen LogP contribution in [0.4, 0.5) is 0 Å². The molecule has 0 spiro atoms. The van der Waals surface area contributed by atoms with Gasteiger partial charge in [0.2, 0.25) is 0 Å². The highest BCUT2D eigenvalue weighted by Crippen LogP contribution is 2.34. The summed E-state index contributed by atoms with van der Waals surface area (Å²) in [5.74, 6) is 0. The van der Waals surface area contributed by atoms with E-state index in [4.69, 9.17) is 9.40 Å². The smallest absolute Gasteiger partial charge is 0.342 e. The Morgan fingerprint density at radius 3 is 2.24 bits per heavy atom. The van der Waals surface area contributed by atoms with E-state index in [1.54, 1.807) is 22.8 Å². The molecule has 3 aromatic heterocycles. The van der Waals surface area contributed by atoms with E-state index in [9.17, 15) is 9.59 Å². The molecule has 0 unspecified atom stereocenters. The molecule has 0 aliphatic rings. The highest BCUT2D eigenvalue weighted by atomic mass is 16.3. The van der Waals surface area contributed by atoms with Crippen molar-refractivity contribution in [1.82, 2.24) is 14.0 Å². The summed E-state index contributed by atoms with van der Waals surface area (Å²) in [5, 5.41) is 2.84. The van der Waals surface area contributed by atoms with Crippen molar-refractivity contribution in [3.8, 4) is 5.69 Å². The number of hydrogen-bond acceptors (Lipinski definition) is 4. The third kappa shape index (κ3) is 2.34. The van der Waals surface area contributed by atoms with Crippen LogP contribution in [0.1, 0.15) is 0 Å². The van der Waals surface area contributed by atoms with Gasteiger partial charge in [-0.25, -0.2) is 14.2 Å². The molecule has 156 valence electrons. The zero-order valence-corrected chi connectivity index (χ0v) is 17.2. The number of benzene rings is 4. The summed E-state index contributed by atoms with van der Waals surface area (Å²) in [4.78, 5) is 32.1. The minimum absolute atomic E-state index is 0.347. The van der Waals surface area contributed by atoms with Gasteiger partial charge in [0.25, 0.3) is 5.56 Å². The molecule has 0 aliphatic heterocycles. The van der Waals surface area contributed by atoms with Crippen molar-refractivity contribution in [3.05, 3.63) is 112 Å². The summed E-state index contributed by atoms with van der Waals surface area (Å²) in [6.07, 6.45) is 0. The summed E-state index contributed by atoms with van der Waals surface area (Å²) in [6.45, 7) is 0. The maximum absolute atomic E-state index is 14.0. The lowest BCUT2D eigenvalue weighted by Crippen LogP contribution is -2.34. The standard InChI is InChI=1S/C27H15N3O3/c31-26-16-8-1-4-11-19(16)28-25-17-9-2-5-12-20(17)29(27(32)30(25)26)21-13-7-15-23-24(21)18-10-3-6-14-22(18)33-23/h1-15H. The molecule has 0 N–H and O–H groups in total. The molecular weight excluding hydrogens is 414 g/mol. The van der Waals surface area contributed by atoms with E-state index in [2.05, 4.69) is 0 Å². The Balaban J connectivity index is 1.76. The summed E-state index contributed by atoms with van der Waals surface area (Å²) in [5.41, 5.74) is 2.79. The second kappa shape index (κ2) is 6.40. The lowest BCUT2D eigenvalue weighted by atomic mass is 10.1. The Hall–Kier alpha value is -4.71. The van der Waals surface area contributed by atoms with Gasteiger partial charge in [0.05, 0.1) is 27.5 Å². The zero-order chi connectivity index (χ0) is 22.1. The molecule has 0 fully saturated rings. The Morgan fingerprint density at radius 2 is 1.36 bits per heavy atom. The van der Waals surface area contributed by atoms with Crippen LogP contribution in [0.3, 0.4) is 0 Å². The van der Waals surface area contributed by atoms with Gasteiger partial charge in [-0.1, -0.05) is 48.5 Å². The molecule has 7 rings (SSSR count). The van der Waals surface area contributed by atoms with Crippen molar-refractivity contribution >= 4 is 49.4 Å². The number of rotatable bonds is 1. The van der Waals surface area contributed by atoms with E-state index < -0.39 is 5.69 Å². The van der Waals surface area contributed by atoms with Crippen molar-refractivity contribution in [3.63, 3.8) is 0 Å². The van der Waals surface area contributed by atoms with Gasteiger partial charge in [-0.2, -0.15) is 0 Å². The fraction of sp³-hybridized carbons (Fsp3) is 0. The Labute approximate surface area is 185 Å². The van der Waals surface area contributed by atoms with Gasteiger partial charge >= 0.3 is 5.69 Å². The molecule has 33 heavy (non-hydrogen) atoms. The molecule has 7 aromatic rings. The molecule has 6 heteroatoms. The topological polar surface area (TPSA) is 69.5 Å². The third-order valence-electron chi connectivity index (χ3n) is 6.17. The first-order valence-corrected chi connectivity index (χ1v) is 10.6. The summed E-state index contributed by atoms with van der Waals surface area (Å²) >= 11 is 0. The SMILES string of the molecule is O=c1c2ccccc2nc2c3ccccc3n(-c3cccc4oc5ccccc5c34)c(=O)n12. The van der Waals surface area contributed by atoms with Gasteiger partial charge < -0.3 is 4.42 Å². The highest BCUT2D eigenvalue weighted by Gasteiger charge is 2.19. The quantitative estimate of drug-likeness (QED) is 0.270. The van der Waals surface area contributed by atoms with E-state index in [1.165, 1.54) is 4.40 Å². The van der Waals surface area contributed by atoms with Crippen LogP contribution in [-0.2, 0) is 0 Å². The maximum atomic E-state index is 14.0. The average Bonchev–Trinajstić information content (AvgIpc) is 3.23. The van der Waals surface area contributed by atoms with Gasteiger partial charge in [0, 0.05) is 10.8 Å². The molecule has 0 atom stereocenters. The lowest BCUT2D eigenvalue weighted by molar-refractivity contribution is 0.668. The van der Waals surface area contributed by atoms with Crippen LogP contribution in [0.15, 0.2) is 105 Å². The van der Waals surface area contributed by atoms with Gasteiger partial charge in [-0.05, 0) is 42.5 Å². The van der Waals surface area contributed by atoms with Crippen LogP contribution in [0, 0.1) is 0 Å². The third-order valence-corrected chi connectivity index (χ3v) is 6.17. The van der Waals surface area contributed by atoms with E-state index in [0.29, 0.717) is 38.7 Å². The number of aromatic nitrogens is 3. The van der Waals surface area contributed by atoms with Crippen molar-refractivity contribution in [2.24, 2.45) is 0 Å². The Morgan fingerprint density at radius 1 is 0.667 bits per heavy atom. The molecule has 0 saturated heterocycles. The second-order valence-electron chi connectivity index (χ2n) is 7.98. The molecule has 0 aliphatic carbocycles. The van der Waals surface area contributed by atoms with E-state index in [0.717, 1.165) is 16.4 Å². The molecule has 3 heterocycles. The maximum Gasteiger partial charge on any atom is 0.342 e. The van der Waals surface area contributed by atoms with Crippen LogP contribution >= 0.6 is 0 Å². The summed E-state index contributed by atoms with van der Waals surface area (Å²) < 4.78 is 8.80. The van der Waals surface area contributed by atoms with Crippen LogP contribution in [0.5, 0.6) is 0 Å². The first-order valence-electron chi connectivity index (χ1n) is 10.6. The van der Waals surface area contributed by atoms with Crippen molar-refractivity contribution in [2.75, 3.05) is 0 Å². The lowest BCUT2D eigenvalue weighted by Gasteiger charge is -2.14. The van der Waals surface area contributed by atoms with Gasteiger partial charge in [0.15, 0.2) is 5.65 Å². The number of para-hydroxylation sites is 3. The van der Waals surface area contributed by atoms with Crippen molar-refractivity contribution < 1.29 is 4.42 Å². The fourth-order valence-electron chi connectivity index (χ4n) is 4.73. The predicted octanol–water partition coefficient (Wildman–Crippen LogP) is 5.05. The van der Waals surface area contributed by atoms with Crippen LogP contribution in [0.2, 0.25) is 0 Å². The second-order valence-corrected chi connectivity index (χ2v) is 7.98. The zero-order valence-electron chi connectivity index (χ0n) is 17.2. The average molecular weight is 429 g/mol. The minimum atomic E-state index is -0.468. The molecule has 6 nitrogen and oxygen atoms in total. The predicted molar refractivity (Wildman–Crippen MR) is 129 cm³/mol. The molecule has 0 saturated carbocycles. The highest BCUT2D eigenvalue weighted by molar-refractivity contribution is 6.10. The molecule has 4 aromatic carbocycles. The van der Waals surface area contributed by atoms with Gasteiger partial charge in [-0.3, -0.25) is 9.36 Å². The summed E-state index contributed by atoms with van der Waals surface area (Å²) in [6, 6.07) is 28.0. The van der Waals surface area contributed by atoms with Crippen LogP contribution in [0.25, 0.3) is 55.1 Å². The Bertz CT molecular complexity index is 2030. The number of fused-ring (bicyclic) bond motifs is 7. The molecular formula is C27H15N3O3. The molecule has 0 radical (unpaired) electrons. The van der Waals surface area contributed by atoms with Crippen molar-refractivity contribution in [1.29, 1.82) is 0 Å². The van der Waals surface area contributed by atoms with Crippen LogP contribution < -0.4 is 11.2 Å². The normalized spacial score (nSPS) is 11.9. The monoisotopic (exact) mass is 429 g/mol. The number of furan rings is 1. The van der Waals surface area contributed by atoms with Gasteiger partial charge in [0.1, 0.15) is 11.2 Å². The molecule has 0 bridgehead atoms. The van der Waals surface area contributed by atoms with E-state index in [-0.39, 0.29) is 5.56 Å². The summed E-state index contributed by atoms with van der Waals surface area (Å²) in [7, 11) is 0. The van der Waals surface area contributed by atoms with Crippen LogP contribution in [-0.4, -0.2) is 14.0 Å². The first-order chi connectivity index (χ1) is 16.2. The Kier molecular flexibility index (Phi) is 3.47. The van der Waals surface area contributed by atoms with Gasteiger partial charge in [-0.15, -0.1) is 0 Å². The largest absolute Gasteiger partial charge is 0.456 e. The number of hydrogen-bond donors (Lipinski definition) is 0. The first kappa shape index (κ1) is 17.9. The number of nitrogens with zero attached hydrogens (tertiary/aromatic N) is 3. The van der Waals surface area contributed by atoms with E-state index >= 15 is 0 Å². The van der Waals surface area contributed by atoms with Crippen molar-refractivity contribution in [2.45, 2.75) is 0 Å². The minimum Gasteiger partial charge on any atom is -0.456 e. The molecule has 0 amide bonds.